The van der Waals surface area contributed by atoms with Crippen molar-refractivity contribution in [2.24, 2.45) is 12.0 Å². The molecule has 1 aromatic heterocycles. The molecule has 0 aliphatic rings. The maximum absolute atomic E-state index is 4.28. The zero-order valence-electron chi connectivity index (χ0n) is 14.3. The molecule has 2 aromatic rings. The van der Waals surface area contributed by atoms with Crippen LogP contribution >= 0.6 is 11.8 Å². The number of hydrogen-bond donors (Lipinski definition) is 2. The predicted molar refractivity (Wildman–Crippen MR) is 98.1 cm³/mol. The second kappa shape index (κ2) is 8.62. The molecule has 0 bridgehead atoms. The molecule has 0 spiro atoms. The summed E-state index contributed by atoms with van der Waals surface area (Å²) in [5.41, 5.74) is 3.80. The summed E-state index contributed by atoms with van der Waals surface area (Å²) < 4.78 is 1.82. The van der Waals surface area contributed by atoms with E-state index < -0.39 is 0 Å². The van der Waals surface area contributed by atoms with E-state index in [1.165, 1.54) is 21.6 Å². The number of aliphatic imine (C=N–C) groups is 1. The number of nitrogens with zero attached hydrogens (tertiary/aromatic N) is 3. The van der Waals surface area contributed by atoms with Crippen molar-refractivity contribution >= 4 is 17.7 Å². The molecule has 0 atom stereocenters. The Morgan fingerprint density at radius 1 is 1.35 bits per heavy atom. The fourth-order valence-corrected chi connectivity index (χ4v) is 3.03. The third-order valence-electron chi connectivity index (χ3n) is 3.58. The Balaban J connectivity index is 1.83. The highest BCUT2D eigenvalue weighted by molar-refractivity contribution is 7.98. The molecular formula is C17H25N5S. The van der Waals surface area contributed by atoms with Gasteiger partial charge in [0.25, 0.3) is 0 Å². The predicted octanol–water partition coefficient (Wildman–Crippen LogP) is 2.36. The fourth-order valence-electron chi connectivity index (χ4n) is 2.32. The van der Waals surface area contributed by atoms with Gasteiger partial charge in [0.1, 0.15) is 0 Å². The lowest BCUT2D eigenvalue weighted by atomic mass is 10.1. The first-order valence-corrected chi connectivity index (χ1v) is 8.90. The van der Waals surface area contributed by atoms with E-state index in [2.05, 4.69) is 52.1 Å². The van der Waals surface area contributed by atoms with Crippen molar-refractivity contribution in [3.63, 3.8) is 0 Å². The van der Waals surface area contributed by atoms with Gasteiger partial charge >= 0.3 is 0 Å². The van der Waals surface area contributed by atoms with Gasteiger partial charge in [0.2, 0.25) is 0 Å². The number of guanidine groups is 1. The molecule has 0 unspecified atom stereocenters. The average Bonchev–Trinajstić information content (AvgIpc) is 2.96. The highest BCUT2D eigenvalue weighted by Gasteiger charge is 2.04. The molecule has 0 saturated carbocycles. The molecule has 23 heavy (non-hydrogen) atoms. The smallest absolute Gasteiger partial charge is 0.191 e. The normalized spacial score (nSPS) is 11.6. The topological polar surface area (TPSA) is 54.2 Å². The quantitative estimate of drug-likeness (QED) is 0.485. The molecule has 2 rings (SSSR count). The number of thioether (sulfide) groups is 1. The number of aromatic nitrogens is 2. The van der Waals surface area contributed by atoms with Gasteiger partial charge in [-0.15, -0.1) is 11.8 Å². The zero-order chi connectivity index (χ0) is 16.7. The first kappa shape index (κ1) is 17.4. The van der Waals surface area contributed by atoms with Crippen LogP contribution in [0.5, 0.6) is 0 Å². The zero-order valence-corrected chi connectivity index (χ0v) is 15.1. The Labute approximate surface area is 142 Å². The molecule has 124 valence electrons. The lowest BCUT2D eigenvalue weighted by Gasteiger charge is -2.13. The highest BCUT2D eigenvalue weighted by Crippen LogP contribution is 2.21. The molecule has 1 aromatic carbocycles. The first-order valence-electron chi connectivity index (χ1n) is 7.68. The van der Waals surface area contributed by atoms with Crippen molar-refractivity contribution in [3.05, 3.63) is 47.3 Å². The van der Waals surface area contributed by atoms with Crippen LogP contribution in [0.1, 0.15) is 16.7 Å². The minimum absolute atomic E-state index is 0.767. The second-order valence-corrected chi connectivity index (χ2v) is 6.29. The van der Waals surface area contributed by atoms with E-state index in [0.717, 1.165) is 25.5 Å². The first-order chi connectivity index (χ1) is 11.1. The minimum Gasteiger partial charge on any atom is -0.356 e. The van der Waals surface area contributed by atoms with Crippen LogP contribution in [0.25, 0.3) is 0 Å². The van der Waals surface area contributed by atoms with Crippen molar-refractivity contribution in [3.8, 4) is 0 Å². The second-order valence-electron chi connectivity index (χ2n) is 5.44. The van der Waals surface area contributed by atoms with Crippen molar-refractivity contribution in [2.75, 3.05) is 19.8 Å². The Morgan fingerprint density at radius 3 is 2.83 bits per heavy atom. The van der Waals surface area contributed by atoms with E-state index in [4.69, 9.17) is 0 Å². The Kier molecular flexibility index (Phi) is 6.52. The monoisotopic (exact) mass is 331 g/mol. The summed E-state index contributed by atoms with van der Waals surface area (Å²) in [5.74, 6) is 0.821. The number of aryl methyl sites for hydroxylation is 2. The van der Waals surface area contributed by atoms with Crippen LogP contribution < -0.4 is 10.6 Å². The Bertz CT molecular complexity index is 663. The van der Waals surface area contributed by atoms with Gasteiger partial charge in [0.15, 0.2) is 5.96 Å². The van der Waals surface area contributed by atoms with Gasteiger partial charge in [0.05, 0.1) is 6.20 Å². The molecule has 2 N–H and O–H groups in total. The lowest BCUT2D eigenvalue weighted by Crippen LogP contribution is -2.37. The number of rotatable bonds is 6. The average molecular weight is 331 g/mol. The SMILES string of the molecule is CN=C(NCCc1cnn(C)c1)NCc1ccc(C)cc1SC. The third kappa shape index (κ3) is 5.32. The molecule has 0 aliphatic heterocycles. The number of benzene rings is 1. The molecule has 0 fully saturated rings. The number of hydrogen-bond acceptors (Lipinski definition) is 3. The standard InChI is InChI=1S/C17H25N5S/c1-13-5-6-15(16(9-13)23-4)11-20-17(18-2)19-8-7-14-10-21-22(3)12-14/h5-6,9-10,12H,7-8,11H2,1-4H3,(H2,18,19,20). The van der Waals surface area contributed by atoms with Gasteiger partial charge in [-0.05, 0) is 42.4 Å². The van der Waals surface area contributed by atoms with Gasteiger partial charge in [-0.3, -0.25) is 9.67 Å². The van der Waals surface area contributed by atoms with E-state index in [0.29, 0.717) is 0 Å². The van der Waals surface area contributed by atoms with Crippen molar-refractivity contribution in [2.45, 2.75) is 24.8 Å². The molecule has 0 radical (unpaired) electrons. The summed E-state index contributed by atoms with van der Waals surface area (Å²) in [6, 6.07) is 6.55. The Morgan fingerprint density at radius 2 is 2.17 bits per heavy atom. The summed E-state index contributed by atoms with van der Waals surface area (Å²) in [6.45, 7) is 3.72. The maximum Gasteiger partial charge on any atom is 0.191 e. The maximum atomic E-state index is 4.28. The van der Waals surface area contributed by atoms with Crippen molar-refractivity contribution in [1.29, 1.82) is 0 Å². The molecular weight excluding hydrogens is 306 g/mol. The number of nitrogens with one attached hydrogen (secondary N) is 2. The van der Waals surface area contributed by atoms with E-state index in [9.17, 15) is 0 Å². The van der Waals surface area contributed by atoms with Gasteiger partial charge in [0, 0.05) is 38.3 Å². The van der Waals surface area contributed by atoms with Crippen LogP contribution in [0.4, 0.5) is 0 Å². The van der Waals surface area contributed by atoms with Crippen LogP contribution in [-0.2, 0) is 20.0 Å². The summed E-state index contributed by atoms with van der Waals surface area (Å²) in [7, 11) is 3.73. The molecule has 1 heterocycles. The van der Waals surface area contributed by atoms with Crippen LogP contribution in [-0.4, -0.2) is 35.6 Å². The molecule has 6 heteroatoms. The summed E-state index contributed by atoms with van der Waals surface area (Å²) in [4.78, 5) is 5.59. The van der Waals surface area contributed by atoms with E-state index in [1.807, 2.05) is 24.1 Å². The van der Waals surface area contributed by atoms with Crippen molar-refractivity contribution < 1.29 is 0 Å². The van der Waals surface area contributed by atoms with Gasteiger partial charge in [-0.1, -0.05) is 12.1 Å². The van der Waals surface area contributed by atoms with Crippen LogP contribution in [0, 0.1) is 6.92 Å². The van der Waals surface area contributed by atoms with E-state index in [1.54, 1.807) is 18.8 Å². The van der Waals surface area contributed by atoms with Gasteiger partial charge < -0.3 is 10.6 Å². The molecule has 0 amide bonds. The van der Waals surface area contributed by atoms with Crippen molar-refractivity contribution in [1.82, 2.24) is 20.4 Å². The molecule has 0 saturated heterocycles. The summed E-state index contributed by atoms with van der Waals surface area (Å²) in [5, 5.41) is 10.9. The largest absolute Gasteiger partial charge is 0.356 e. The van der Waals surface area contributed by atoms with E-state index in [-0.39, 0.29) is 0 Å². The highest BCUT2D eigenvalue weighted by atomic mass is 32.2. The summed E-state index contributed by atoms with van der Waals surface area (Å²) >= 11 is 1.78. The lowest BCUT2D eigenvalue weighted by molar-refractivity contribution is 0.764. The Hall–Kier alpha value is -1.95. The summed E-state index contributed by atoms with van der Waals surface area (Å²) in [6.07, 6.45) is 6.97. The van der Waals surface area contributed by atoms with E-state index >= 15 is 0 Å². The van der Waals surface area contributed by atoms with Gasteiger partial charge in [-0.25, -0.2) is 0 Å². The van der Waals surface area contributed by atoms with Crippen LogP contribution in [0.15, 0.2) is 40.5 Å². The molecule has 5 nitrogen and oxygen atoms in total. The molecule has 0 aliphatic carbocycles. The minimum atomic E-state index is 0.767. The van der Waals surface area contributed by atoms with Crippen LogP contribution in [0.2, 0.25) is 0 Å². The fraction of sp³-hybridized carbons (Fsp3) is 0.412. The van der Waals surface area contributed by atoms with Crippen LogP contribution in [0.3, 0.4) is 0 Å². The van der Waals surface area contributed by atoms with Gasteiger partial charge in [-0.2, -0.15) is 5.10 Å². The third-order valence-corrected chi connectivity index (χ3v) is 4.40.